The minimum atomic E-state index is -1.29. The van der Waals surface area contributed by atoms with Crippen molar-refractivity contribution in [1.29, 1.82) is 0 Å². The van der Waals surface area contributed by atoms with Gasteiger partial charge in [-0.25, -0.2) is 14.4 Å². The van der Waals surface area contributed by atoms with E-state index in [0.717, 1.165) is 74.9 Å². The Morgan fingerprint density at radius 2 is 1.90 bits per heavy atom. The fraction of sp³-hybridized carbons (Fsp3) is 0.500. The molecule has 0 bridgehead atoms. The van der Waals surface area contributed by atoms with E-state index >= 15 is 0 Å². The molecule has 0 spiro atoms. The first kappa shape index (κ1) is 28.9. The Balaban J connectivity index is 1.06. The topological polar surface area (TPSA) is 75.0 Å². The van der Waals surface area contributed by atoms with Gasteiger partial charge in [-0.1, -0.05) is 31.2 Å². The number of aryl methyl sites for hydroxylation is 1. The molecule has 3 atom stereocenters. The monoisotopic (exact) mass is 563 g/mol. The third-order valence-corrected chi connectivity index (χ3v) is 9.20. The van der Waals surface area contributed by atoms with E-state index in [2.05, 4.69) is 49.7 Å². The summed E-state index contributed by atoms with van der Waals surface area (Å²) in [5.41, 5.74) is 4.14. The maximum Gasteiger partial charge on any atom is 0.144 e. The van der Waals surface area contributed by atoms with Gasteiger partial charge in [0.25, 0.3) is 0 Å². The van der Waals surface area contributed by atoms with Crippen LogP contribution in [-0.2, 0) is 18.5 Å². The Morgan fingerprint density at radius 3 is 2.65 bits per heavy atom. The van der Waals surface area contributed by atoms with Crippen molar-refractivity contribution >= 4 is 22.4 Å². The predicted molar refractivity (Wildman–Crippen MR) is 163 cm³/mol. The van der Waals surface area contributed by atoms with Gasteiger partial charge >= 0.3 is 0 Å². The number of rotatable bonds is 13. The van der Waals surface area contributed by atoms with Crippen LogP contribution in [0.2, 0.25) is 0 Å². The highest BCUT2D eigenvalue weighted by molar-refractivity contribution is 7.13. The first-order valence-corrected chi connectivity index (χ1v) is 15.5. The van der Waals surface area contributed by atoms with E-state index in [1.807, 2.05) is 30.5 Å². The minimum absolute atomic E-state index is 0.227. The summed E-state index contributed by atoms with van der Waals surface area (Å²) in [5.74, 6) is 0.228. The molecular formula is C32H42FN5OS. The molecule has 0 radical (unpaired) electrons. The van der Waals surface area contributed by atoms with Crippen molar-refractivity contribution in [3.05, 3.63) is 71.1 Å². The first-order valence-electron chi connectivity index (χ1n) is 14.6. The summed E-state index contributed by atoms with van der Waals surface area (Å²) in [6, 6.07) is 10.3. The number of benzene rings is 1. The molecule has 40 heavy (non-hydrogen) atoms. The van der Waals surface area contributed by atoms with E-state index in [1.165, 1.54) is 21.6 Å². The van der Waals surface area contributed by atoms with Crippen LogP contribution < -0.4 is 10.6 Å². The Hall–Kier alpha value is -2.65. The van der Waals surface area contributed by atoms with Crippen molar-refractivity contribution in [2.75, 3.05) is 26.2 Å². The van der Waals surface area contributed by atoms with Gasteiger partial charge in [-0.05, 0) is 99.6 Å². The van der Waals surface area contributed by atoms with Gasteiger partial charge in [0, 0.05) is 40.8 Å². The lowest BCUT2D eigenvalue weighted by molar-refractivity contribution is 0.130. The fourth-order valence-electron chi connectivity index (χ4n) is 5.74. The van der Waals surface area contributed by atoms with Crippen LogP contribution >= 0.6 is 11.3 Å². The molecule has 5 rings (SSSR count). The Labute approximate surface area is 241 Å². The summed E-state index contributed by atoms with van der Waals surface area (Å²) in [6.07, 6.45) is 10.1. The molecule has 1 aliphatic rings. The van der Waals surface area contributed by atoms with Gasteiger partial charge in [0.2, 0.25) is 0 Å². The molecule has 0 saturated heterocycles. The van der Waals surface area contributed by atoms with Gasteiger partial charge < -0.3 is 20.3 Å². The smallest absolute Gasteiger partial charge is 0.144 e. The number of nitrogens with one attached hydrogen (secondary N) is 2. The van der Waals surface area contributed by atoms with Gasteiger partial charge in [-0.2, -0.15) is 0 Å². The van der Waals surface area contributed by atoms with Crippen molar-refractivity contribution in [1.82, 2.24) is 25.2 Å². The molecule has 1 fully saturated rings. The third kappa shape index (κ3) is 6.79. The standard InChI is InChI=1S/C32H42FN5OS/c1-4-22-14-30(40-20-22)28-19-38(31-27(28)18-36-21-37-31)26-15-24(29(39)16-26)17-35-12-5-11-34-13-10-23-6-8-25(9-7-23)32(2,3)33/h6-9,14,18-21,24,26,29,34-35,39H,4-5,10-13,15-17H2,1-3H3/t24-,26-,29+/m1/s1. The number of alkyl halides is 1. The minimum Gasteiger partial charge on any atom is -0.393 e. The number of hydrogen-bond donors (Lipinski definition) is 3. The fourth-order valence-corrected chi connectivity index (χ4v) is 6.76. The van der Waals surface area contributed by atoms with E-state index in [9.17, 15) is 9.50 Å². The van der Waals surface area contributed by atoms with Crippen molar-refractivity contribution in [2.24, 2.45) is 5.92 Å². The average molecular weight is 564 g/mol. The maximum absolute atomic E-state index is 14.0. The third-order valence-electron chi connectivity index (χ3n) is 8.19. The lowest BCUT2D eigenvalue weighted by atomic mass is 9.98. The van der Waals surface area contributed by atoms with Gasteiger partial charge in [-0.3, -0.25) is 0 Å². The summed E-state index contributed by atoms with van der Waals surface area (Å²) in [7, 11) is 0. The lowest BCUT2D eigenvalue weighted by Gasteiger charge is -2.16. The highest BCUT2D eigenvalue weighted by Gasteiger charge is 2.34. The predicted octanol–water partition coefficient (Wildman–Crippen LogP) is 6.05. The second-order valence-electron chi connectivity index (χ2n) is 11.6. The Bertz CT molecular complexity index is 1380. The second-order valence-corrected chi connectivity index (χ2v) is 12.5. The molecule has 214 valence electrons. The zero-order valence-electron chi connectivity index (χ0n) is 23.9. The van der Waals surface area contributed by atoms with Gasteiger partial charge in [0.05, 0.1) is 6.10 Å². The summed E-state index contributed by atoms with van der Waals surface area (Å²) < 4.78 is 16.3. The van der Waals surface area contributed by atoms with Crippen molar-refractivity contribution in [3.8, 4) is 10.4 Å². The molecule has 1 saturated carbocycles. The first-order chi connectivity index (χ1) is 19.3. The molecular weight excluding hydrogens is 521 g/mol. The number of hydrogen-bond acceptors (Lipinski definition) is 6. The van der Waals surface area contributed by atoms with Crippen LogP contribution in [-0.4, -0.2) is 51.9 Å². The zero-order valence-corrected chi connectivity index (χ0v) is 24.7. The highest BCUT2D eigenvalue weighted by atomic mass is 32.1. The number of aromatic nitrogens is 3. The summed E-state index contributed by atoms with van der Waals surface area (Å²) in [6.45, 7) is 8.95. The molecule has 3 aromatic heterocycles. The molecule has 1 aromatic carbocycles. The highest BCUT2D eigenvalue weighted by Crippen LogP contribution is 2.40. The molecule has 0 unspecified atom stereocenters. The van der Waals surface area contributed by atoms with Crippen LogP contribution in [0.3, 0.4) is 0 Å². The average Bonchev–Trinajstić information content (AvgIpc) is 3.67. The summed E-state index contributed by atoms with van der Waals surface area (Å²) in [5, 5.41) is 21.3. The molecule has 4 aromatic rings. The van der Waals surface area contributed by atoms with Crippen LogP contribution in [0.5, 0.6) is 0 Å². The van der Waals surface area contributed by atoms with E-state index in [0.29, 0.717) is 0 Å². The van der Waals surface area contributed by atoms with Crippen LogP contribution in [0.15, 0.2) is 54.4 Å². The summed E-state index contributed by atoms with van der Waals surface area (Å²) in [4.78, 5) is 10.2. The lowest BCUT2D eigenvalue weighted by Crippen LogP contribution is -2.30. The number of fused-ring (bicyclic) bond motifs is 1. The largest absolute Gasteiger partial charge is 0.393 e. The number of halogens is 1. The van der Waals surface area contributed by atoms with Crippen LogP contribution in [0.4, 0.5) is 4.39 Å². The number of aliphatic hydroxyl groups is 1. The van der Waals surface area contributed by atoms with E-state index in [1.54, 1.807) is 31.5 Å². The quantitative estimate of drug-likeness (QED) is 0.173. The van der Waals surface area contributed by atoms with Crippen LogP contribution in [0.25, 0.3) is 21.5 Å². The molecule has 6 nitrogen and oxygen atoms in total. The summed E-state index contributed by atoms with van der Waals surface area (Å²) >= 11 is 1.77. The SMILES string of the molecule is CCc1csc(-c2cn([C@@H]3C[C@H](CNCCCNCCc4ccc(C(C)(C)F)cc4)[C@@H](O)C3)c3ncncc23)c1. The van der Waals surface area contributed by atoms with Crippen molar-refractivity contribution in [3.63, 3.8) is 0 Å². The Morgan fingerprint density at radius 1 is 1.10 bits per heavy atom. The molecule has 3 N–H and O–H groups in total. The normalized spacial score (nSPS) is 19.6. The maximum atomic E-state index is 14.0. The van der Waals surface area contributed by atoms with Gasteiger partial charge in [0.15, 0.2) is 0 Å². The molecule has 1 aliphatic carbocycles. The molecule has 8 heteroatoms. The number of aliphatic hydroxyl groups excluding tert-OH is 1. The van der Waals surface area contributed by atoms with Crippen molar-refractivity contribution in [2.45, 2.75) is 70.7 Å². The van der Waals surface area contributed by atoms with Crippen LogP contribution in [0, 0.1) is 5.92 Å². The van der Waals surface area contributed by atoms with Crippen LogP contribution in [0.1, 0.15) is 62.8 Å². The number of thiophene rings is 1. The molecule has 3 heterocycles. The van der Waals surface area contributed by atoms with Gasteiger partial charge in [0.1, 0.15) is 17.6 Å². The second kappa shape index (κ2) is 12.9. The van der Waals surface area contributed by atoms with E-state index in [4.69, 9.17) is 0 Å². The Kier molecular flexibility index (Phi) is 9.31. The van der Waals surface area contributed by atoms with Gasteiger partial charge in [-0.15, -0.1) is 11.3 Å². The zero-order chi connectivity index (χ0) is 28.1. The van der Waals surface area contributed by atoms with E-state index in [-0.39, 0.29) is 18.1 Å². The van der Waals surface area contributed by atoms with Crippen molar-refractivity contribution < 1.29 is 9.50 Å². The molecule has 0 amide bonds. The van der Waals surface area contributed by atoms with E-state index < -0.39 is 5.67 Å². The number of nitrogens with zero attached hydrogens (tertiary/aromatic N) is 3. The molecule has 0 aliphatic heterocycles.